The summed E-state index contributed by atoms with van der Waals surface area (Å²) in [7, 11) is 0. The molecule has 0 spiro atoms. The summed E-state index contributed by atoms with van der Waals surface area (Å²) in [6.07, 6.45) is 19.5. The third-order valence-corrected chi connectivity index (χ3v) is 19.1. The van der Waals surface area contributed by atoms with E-state index in [9.17, 15) is 45.9 Å². The van der Waals surface area contributed by atoms with Crippen LogP contribution in [0.5, 0.6) is 58.1 Å². The van der Waals surface area contributed by atoms with Crippen molar-refractivity contribution in [2.45, 2.75) is 92.8 Å². The number of carboxylic acid groups (broad SMARTS) is 5. The minimum atomic E-state index is -1.06. The van der Waals surface area contributed by atoms with Crippen LogP contribution in [0.4, 0.5) is 22.0 Å². The molecule has 0 aliphatic heterocycles. The second-order valence-electron chi connectivity index (χ2n) is 28.8. The first-order valence-electron chi connectivity index (χ1n) is 41.8. The number of carboxylic acids is 5. The topological polar surface area (TPSA) is 432 Å². The number of ether oxygens (including phenoxy) is 10. The van der Waals surface area contributed by atoms with Crippen molar-refractivity contribution < 1.29 is 119 Å². The molecule has 5 aromatic carbocycles. The fraction of sp³-hybridized carbons (Fsp3) is 0.211. The lowest BCUT2D eigenvalue weighted by Crippen LogP contribution is -2.08. The van der Waals surface area contributed by atoms with Crippen LogP contribution in [0.1, 0.15) is 139 Å². The Bertz CT molecular complexity index is 6400. The molecule has 0 amide bonds. The van der Waals surface area contributed by atoms with Gasteiger partial charge in [-0.25, -0.2) is 70.8 Å². The van der Waals surface area contributed by atoms with Crippen LogP contribution in [-0.4, -0.2) is 162 Å². The van der Waals surface area contributed by atoms with Crippen molar-refractivity contribution in [1.82, 2.24) is 73.8 Å². The molecule has 5 N–H and O–H groups in total. The molecule has 10 heterocycles. The van der Waals surface area contributed by atoms with Gasteiger partial charge in [-0.05, 0) is 167 Å². The number of halogens is 5. The highest BCUT2D eigenvalue weighted by Gasteiger charge is 2.25. The summed E-state index contributed by atoms with van der Waals surface area (Å²) < 4.78 is 131. The van der Waals surface area contributed by atoms with E-state index in [0.717, 1.165) is 32.1 Å². The summed E-state index contributed by atoms with van der Waals surface area (Å²) >= 11 is 0. The zero-order chi connectivity index (χ0) is 95.7. The lowest BCUT2D eigenvalue weighted by Gasteiger charge is -2.13. The van der Waals surface area contributed by atoms with Gasteiger partial charge < -0.3 is 72.9 Å². The maximum absolute atomic E-state index is 13.6. The number of nitrogens with zero attached hydrogens (tertiary/aromatic N) is 15. The van der Waals surface area contributed by atoms with Crippen molar-refractivity contribution in [3.05, 3.63) is 329 Å². The molecule has 16 rings (SSSR count). The fourth-order valence-corrected chi connectivity index (χ4v) is 12.2. The Balaban J connectivity index is 0.000000152. The predicted octanol–water partition coefficient (Wildman–Crippen LogP) is 17.0. The van der Waals surface area contributed by atoms with E-state index in [1.165, 1.54) is 207 Å². The van der Waals surface area contributed by atoms with Crippen LogP contribution in [0.3, 0.4) is 0 Å². The molecular formula is C95H88F5N15O20. The Morgan fingerprint density at radius 2 is 0.526 bits per heavy atom. The molecule has 698 valence electrons. The average Bonchev–Trinajstić information content (AvgIpc) is 1.75. The van der Waals surface area contributed by atoms with E-state index in [1.54, 1.807) is 60.7 Å². The van der Waals surface area contributed by atoms with Gasteiger partial charge in [0, 0.05) is 119 Å². The molecule has 135 heavy (non-hydrogen) atoms. The Kier molecular flexibility index (Phi) is 34.5. The van der Waals surface area contributed by atoms with Crippen LogP contribution in [-0.2, 0) is 33.0 Å². The Labute approximate surface area is 766 Å². The van der Waals surface area contributed by atoms with Crippen LogP contribution in [0.2, 0.25) is 0 Å². The predicted molar refractivity (Wildman–Crippen MR) is 472 cm³/mol. The quantitative estimate of drug-likeness (QED) is 0.0176. The third kappa shape index (κ3) is 27.7. The highest BCUT2D eigenvalue weighted by molar-refractivity contribution is 5.90. The standard InChI is InChI=1S/C20H18FN3O4.C20H20FN3O4.C19H18FN3O4.2C18H16FN3O4/c21-16-4-3-15(17(10-16)27-11-13-1-2-13)12-28-19-6-8-23-24(19)18-9-14(20(25)26)5-7-22-18;1-2-3-10-27-17-12-16(21)5-4-15(17)13-28-19-7-9-23-24(19)18-11-14(20(25)26)6-8-22-18;1-2-9-26-16-11-15(20)4-3-14(16)12-27-18-6-8-22-23(18)17-10-13(19(24)25)5-7-21-17;2*1-2-25-15-10-14(19)4-3-13(15)11-26-17-6-8-21-22(17)16-9-12(18(23)24)5-7-20-16/h3-10,13H,1-2,11-12H2,(H,25,26);4-9,11-12H,2-3,10,13H2,1H3,(H,25,26);3-8,10-11H,2,9,12H2,1H3,(H,24,25);2*3-10H,2,11H2,1H3,(H,23,24). The summed E-state index contributed by atoms with van der Waals surface area (Å²) in [5.41, 5.74) is 3.90. The van der Waals surface area contributed by atoms with E-state index in [-0.39, 0.29) is 78.3 Å². The minimum Gasteiger partial charge on any atom is -0.493 e. The number of carbonyl (C=O) groups is 5. The SMILES string of the molecule is CCCCOc1cc(F)ccc1COc1ccnn1-c1cc(C(=O)O)ccn1.CCCOc1cc(F)ccc1COc1ccnn1-c1cc(C(=O)O)ccn1.CCOc1cc(F)ccc1COc1ccnn1-c1cc(C(=O)O)ccn1.CCOc1cc(F)ccc1COc1ccnn1-c1cc(C(=O)O)ccn1.O=C(O)c1ccnc(-n2nccc2OCc2ccc(F)cc2OCC2CC2)c1. The molecule has 0 atom stereocenters. The van der Waals surface area contributed by atoms with Crippen molar-refractivity contribution in [2.75, 3.05) is 33.0 Å². The zero-order valence-electron chi connectivity index (χ0n) is 72.7. The molecule has 40 heteroatoms. The number of hydrogen-bond acceptors (Lipinski definition) is 25. The third-order valence-electron chi connectivity index (χ3n) is 19.1. The maximum atomic E-state index is 13.6. The van der Waals surface area contributed by atoms with Crippen LogP contribution in [0.25, 0.3) is 29.1 Å². The van der Waals surface area contributed by atoms with E-state index >= 15 is 0 Å². The molecule has 35 nitrogen and oxygen atoms in total. The van der Waals surface area contributed by atoms with Gasteiger partial charge in [0.15, 0.2) is 29.1 Å². The largest absolute Gasteiger partial charge is 0.493 e. The van der Waals surface area contributed by atoms with Crippen molar-refractivity contribution in [1.29, 1.82) is 0 Å². The van der Waals surface area contributed by atoms with E-state index < -0.39 is 41.5 Å². The lowest BCUT2D eigenvalue weighted by atomic mass is 10.2. The molecule has 10 aromatic heterocycles. The first-order chi connectivity index (χ1) is 65.4. The first-order valence-corrected chi connectivity index (χ1v) is 41.8. The highest BCUT2D eigenvalue weighted by atomic mass is 19.1. The molecule has 1 fully saturated rings. The van der Waals surface area contributed by atoms with Crippen molar-refractivity contribution in [3.63, 3.8) is 0 Å². The van der Waals surface area contributed by atoms with Crippen molar-refractivity contribution in [2.24, 2.45) is 5.92 Å². The number of aromatic carboxylic acids is 5. The zero-order valence-corrected chi connectivity index (χ0v) is 72.7. The molecule has 0 radical (unpaired) electrons. The number of hydrogen-bond donors (Lipinski definition) is 5. The smallest absolute Gasteiger partial charge is 0.335 e. The minimum absolute atomic E-state index is 0.0913. The summed E-state index contributed by atoms with van der Waals surface area (Å²) in [6, 6.07) is 43.5. The number of rotatable bonds is 39. The van der Waals surface area contributed by atoms with Gasteiger partial charge in [0.05, 0.1) is 91.8 Å². The van der Waals surface area contributed by atoms with Gasteiger partial charge in [-0.3, -0.25) is 0 Å². The molecule has 0 unspecified atom stereocenters. The monoisotopic (exact) mass is 1850 g/mol. The second-order valence-corrected chi connectivity index (χ2v) is 28.8. The van der Waals surface area contributed by atoms with E-state index in [2.05, 4.69) is 50.4 Å². The molecule has 0 saturated heterocycles. The van der Waals surface area contributed by atoms with Gasteiger partial charge in [0.1, 0.15) is 90.9 Å². The summed E-state index contributed by atoms with van der Waals surface area (Å²) in [5, 5.41) is 66.2. The van der Waals surface area contributed by atoms with E-state index in [0.29, 0.717) is 154 Å². The summed E-state index contributed by atoms with van der Waals surface area (Å²) in [4.78, 5) is 76.3. The number of unbranched alkanes of at least 4 members (excludes halogenated alkanes) is 1. The van der Waals surface area contributed by atoms with Crippen molar-refractivity contribution >= 4 is 29.8 Å². The van der Waals surface area contributed by atoms with Gasteiger partial charge in [-0.1, -0.05) is 20.3 Å². The number of pyridine rings is 5. The number of benzene rings is 5. The van der Waals surface area contributed by atoms with Crippen molar-refractivity contribution in [3.8, 4) is 87.2 Å². The normalized spacial score (nSPS) is 11.1. The number of aromatic nitrogens is 15. The molecule has 15 aromatic rings. The van der Waals surface area contributed by atoms with Crippen LogP contribution < -0.4 is 47.4 Å². The van der Waals surface area contributed by atoms with Crippen LogP contribution in [0, 0.1) is 35.0 Å². The Morgan fingerprint density at radius 1 is 0.289 bits per heavy atom. The first kappa shape index (κ1) is 97.0. The summed E-state index contributed by atoms with van der Waals surface area (Å²) in [5.74, 6) is -1.07. The van der Waals surface area contributed by atoms with Gasteiger partial charge in [0.2, 0.25) is 29.4 Å². The van der Waals surface area contributed by atoms with Gasteiger partial charge in [-0.2, -0.15) is 48.9 Å². The van der Waals surface area contributed by atoms with Crippen LogP contribution in [0.15, 0.2) is 244 Å². The average molecular weight is 1850 g/mol. The van der Waals surface area contributed by atoms with E-state index in [1.807, 2.05) is 27.7 Å². The Hall–Kier alpha value is -17.1. The Morgan fingerprint density at radius 3 is 0.748 bits per heavy atom. The molecule has 1 aliphatic rings. The molecule has 1 saturated carbocycles. The second kappa shape index (κ2) is 48.0. The van der Waals surface area contributed by atoms with Gasteiger partial charge in [-0.15, -0.1) is 0 Å². The lowest BCUT2D eigenvalue weighted by molar-refractivity contribution is 0.0686. The van der Waals surface area contributed by atoms with E-state index in [4.69, 9.17) is 72.9 Å². The summed E-state index contributed by atoms with van der Waals surface area (Å²) in [6.45, 7) is 10.6. The fourth-order valence-electron chi connectivity index (χ4n) is 12.2. The molecule has 0 bridgehead atoms. The maximum Gasteiger partial charge on any atom is 0.335 e. The van der Waals surface area contributed by atoms with Gasteiger partial charge in [0.25, 0.3) is 0 Å². The molecular weight excluding hydrogens is 1770 g/mol. The van der Waals surface area contributed by atoms with Crippen LogP contribution >= 0.6 is 0 Å². The molecule has 1 aliphatic carbocycles. The highest BCUT2D eigenvalue weighted by Crippen LogP contribution is 2.34. The van der Waals surface area contributed by atoms with Gasteiger partial charge >= 0.3 is 29.8 Å².